The van der Waals surface area contributed by atoms with Crippen molar-refractivity contribution in [3.05, 3.63) is 83.8 Å². The standard InChI is InChI=1S/C20H18N4O3/c1-27-20(26)16-6-2-3-7-17(16)24-18-11-15(8-10-22-18)19(25)23-13-14-5-4-9-21-12-14/h2-12H,13H2,1H3,(H,22,24)(H,23,25). The minimum Gasteiger partial charge on any atom is -0.465 e. The lowest BCUT2D eigenvalue weighted by atomic mass is 10.1. The van der Waals surface area contributed by atoms with E-state index in [1.165, 1.54) is 13.3 Å². The van der Waals surface area contributed by atoms with Gasteiger partial charge in [0.25, 0.3) is 5.91 Å². The molecule has 27 heavy (non-hydrogen) atoms. The Hall–Kier alpha value is -3.74. The highest BCUT2D eigenvalue weighted by molar-refractivity contribution is 5.97. The van der Waals surface area contributed by atoms with Gasteiger partial charge in [-0.15, -0.1) is 0 Å². The fraction of sp³-hybridized carbons (Fsp3) is 0.100. The van der Waals surface area contributed by atoms with Gasteiger partial charge in [0.05, 0.1) is 18.4 Å². The van der Waals surface area contributed by atoms with Crippen molar-refractivity contribution in [2.75, 3.05) is 12.4 Å². The fourth-order valence-electron chi connectivity index (χ4n) is 2.45. The number of anilines is 2. The van der Waals surface area contributed by atoms with Crippen LogP contribution in [-0.2, 0) is 11.3 Å². The van der Waals surface area contributed by atoms with Gasteiger partial charge < -0.3 is 15.4 Å². The van der Waals surface area contributed by atoms with Crippen molar-refractivity contribution in [3.8, 4) is 0 Å². The predicted molar refractivity (Wildman–Crippen MR) is 101 cm³/mol. The molecule has 0 unspecified atom stereocenters. The molecule has 2 N–H and O–H groups in total. The largest absolute Gasteiger partial charge is 0.465 e. The molecule has 0 atom stereocenters. The number of benzene rings is 1. The maximum absolute atomic E-state index is 12.4. The number of esters is 1. The van der Waals surface area contributed by atoms with Crippen molar-refractivity contribution >= 4 is 23.4 Å². The van der Waals surface area contributed by atoms with Crippen molar-refractivity contribution in [1.29, 1.82) is 0 Å². The quantitative estimate of drug-likeness (QED) is 0.655. The molecule has 0 bridgehead atoms. The number of hydrogen-bond acceptors (Lipinski definition) is 6. The van der Waals surface area contributed by atoms with E-state index in [9.17, 15) is 9.59 Å². The number of carbonyl (C=O) groups is 2. The molecule has 3 rings (SSSR count). The number of hydrogen-bond donors (Lipinski definition) is 2. The summed E-state index contributed by atoms with van der Waals surface area (Å²) in [6, 6.07) is 13.9. The van der Waals surface area contributed by atoms with Crippen LogP contribution in [-0.4, -0.2) is 29.0 Å². The summed E-state index contributed by atoms with van der Waals surface area (Å²) in [6.07, 6.45) is 4.91. The monoisotopic (exact) mass is 362 g/mol. The molecule has 0 saturated heterocycles. The minimum absolute atomic E-state index is 0.231. The molecule has 0 fully saturated rings. The summed E-state index contributed by atoms with van der Waals surface area (Å²) in [4.78, 5) is 32.5. The lowest BCUT2D eigenvalue weighted by Crippen LogP contribution is -2.23. The van der Waals surface area contributed by atoms with Crippen LogP contribution < -0.4 is 10.6 Å². The normalized spacial score (nSPS) is 10.1. The Morgan fingerprint density at radius 2 is 1.93 bits per heavy atom. The maximum Gasteiger partial charge on any atom is 0.339 e. The third kappa shape index (κ3) is 4.66. The van der Waals surface area contributed by atoms with E-state index in [0.29, 0.717) is 29.2 Å². The summed E-state index contributed by atoms with van der Waals surface area (Å²) in [5.74, 6) is -0.241. The van der Waals surface area contributed by atoms with E-state index in [1.54, 1.807) is 48.8 Å². The highest BCUT2D eigenvalue weighted by atomic mass is 16.5. The lowest BCUT2D eigenvalue weighted by molar-refractivity contribution is 0.0601. The molecule has 0 aliphatic rings. The molecule has 136 valence electrons. The molecule has 7 heteroatoms. The molecule has 0 radical (unpaired) electrons. The zero-order valence-electron chi connectivity index (χ0n) is 14.7. The van der Waals surface area contributed by atoms with Crippen LogP contribution >= 0.6 is 0 Å². The van der Waals surface area contributed by atoms with Crippen molar-refractivity contribution in [3.63, 3.8) is 0 Å². The Morgan fingerprint density at radius 1 is 1.07 bits per heavy atom. The first-order valence-electron chi connectivity index (χ1n) is 8.25. The molecule has 0 spiro atoms. The molecule has 3 aromatic rings. The second-order valence-corrected chi connectivity index (χ2v) is 5.64. The summed E-state index contributed by atoms with van der Waals surface area (Å²) >= 11 is 0. The van der Waals surface area contributed by atoms with Crippen LogP contribution in [0.4, 0.5) is 11.5 Å². The predicted octanol–water partition coefficient (Wildman–Crippen LogP) is 2.94. The molecule has 2 aromatic heterocycles. The third-order valence-corrected chi connectivity index (χ3v) is 3.79. The summed E-state index contributed by atoms with van der Waals surface area (Å²) in [6.45, 7) is 0.378. The number of carbonyl (C=O) groups excluding carboxylic acids is 2. The number of methoxy groups -OCH3 is 1. The smallest absolute Gasteiger partial charge is 0.339 e. The van der Waals surface area contributed by atoms with Crippen molar-refractivity contribution in [2.45, 2.75) is 6.54 Å². The zero-order chi connectivity index (χ0) is 19.1. The van der Waals surface area contributed by atoms with Gasteiger partial charge in [-0.25, -0.2) is 9.78 Å². The molecule has 0 aliphatic heterocycles. The van der Waals surface area contributed by atoms with Gasteiger partial charge in [-0.1, -0.05) is 18.2 Å². The van der Waals surface area contributed by atoms with E-state index < -0.39 is 5.97 Å². The van der Waals surface area contributed by atoms with E-state index in [2.05, 4.69) is 20.6 Å². The zero-order valence-corrected chi connectivity index (χ0v) is 14.7. The van der Waals surface area contributed by atoms with Crippen molar-refractivity contribution in [2.24, 2.45) is 0 Å². The second-order valence-electron chi connectivity index (χ2n) is 5.64. The SMILES string of the molecule is COC(=O)c1ccccc1Nc1cc(C(=O)NCc2cccnc2)ccn1. The van der Waals surface area contributed by atoms with E-state index in [1.807, 2.05) is 12.1 Å². The van der Waals surface area contributed by atoms with Crippen LogP contribution in [0.2, 0.25) is 0 Å². The van der Waals surface area contributed by atoms with Gasteiger partial charge >= 0.3 is 5.97 Å². The van der Waals surface area contributed by atoms with Crippen LogP contribution in [0.3, 0.4) is 0 Å². The average Bonchev–Trinajstić information content (AvgIpc) is 2.73. The summed E-state index contributed by atoms with van der Waals surface area (Å²) in [5, 5.41) is 5.89. The van der Waals surface area contributed by atoms with E-state index in [0.717, 1.165) is 5.56 Å². The van der Waals surface area contributed by atoms with Gasteiger partial charge in [-0.2, -0.15) is 0 Å². The first kappa shape index (κ1) is 18.1. The first-order chi connectivity index (χ1) is 13.2. The second kappa shape index (κ2) is 8.57. The molecule has 1 aromatic carbocycles. The van der Waals surface area contributed by atoms with Crippen LogP contribution in [0.1, 0.15) is 26.3 Å². The first-order valence-corrected chi connectivity index (χ1v) is 8.25. The summed E-state index contributed by atoms with van der Waals surface area (Å²) < 4.78 is 4.78. The molecule has 0 saturated carbocycles. The number of rotatable bonds is 6. The van der Waals surface area contributed by atoms with Crippen LogP contribution in [0.5, 0.6) is 0 Å². The molecule has 7 nitrogen and oxygen atoms in total. The van der Waals surface area contributed by atoms with Crippen LogP contribution in [0.25, 0.3) is 0 Å². The van der Waals surface area contributed by atoms with Gasteiger partial charge in [0.2, 0.25) is 0 Å². The average molecular weight is 362 g/mol. The lowest BCUT2D eigenvalue weighted by Gasteiger charge is -2.11. The molecule has 2 heterocycles. The Bertz CT molecular complexity index is 945. The van der Waals surface area contributed by atoms with Gasteiger partial charge in [-0.3, -0.25) is 9.78 Å². The Morgan fingerprint density at radius 3 is 2.70 bits per heavy atom. The van der Waals surface area contributed by atoms with Gasteiger partial charge in [0.15, 0.2) is 0 Å². The number of pyridine rings is 2. The van der Waals surface area contributed by atoms with Crippen molar-refractivity contribution in [1.82, 2.24) is 15.3 Å². The topological polar surface area (TPSA) is 93.2 Å². The number of amides is 1. The Labute approximate surface area is 156 Å². The highest BCUT2D eigenvalue weighted by Gasteiger charge is 2.12. The fourth-order valence-corrected chi connectivity index (χ4v) is 2.45. The minimum atomic E-state index is -0.455. The van der Waals surface area contributed by atoms with Crippen molar-refractivity contribution < 1.29 is 14.3 Å². The van der Waals surface area contributed by atoms with Gasteiger partial charge in [-0.05, 0) is 35.9 Å². The van der Waals surface area contributed by atoms with Gasteiger partial charge in [0.1, 0.15) is 5.82 Å². The third-order valence-electron chi connectivity index (χ3n) is 3.79. The van der Waals surface area contributed by atoms with E-state index >= 15 is 0 Å². The number of aromatic nitrogens is 2. The van der Waals surface area contributed by atoms with E-state index in [-0.39, 0.29) is 5.91 Å². The number of para-hydroxylation sites is 1. The van der Waals surface area contributed by atoms with E-state index in [4.69, 9.17) is 4.74 Å². The highest BCUT2D eigenvalue weighted by Crippen LogP contribution is 2.21. The molecular weight excluding hydrogens is 344 g/mol. The summed E-state index contributed by atoms with van der Waals surface area (Å²) in [5.41, 5.74) is 2.29. The molecule has 0 aliphatic carbocycles. The Balaban J connectivity index is 1.72. The number of nitrogens with zero attached hydrogens (tertiary/aromatic N) is 2. The van der Waals surface area contributed by atoms with Gasteiger partial charge in [0, 0.05) is 30.7 Å². The molecule has 1 amide bonds. The molecular formula is C20H18N4O3. The number of nitrogens with one attached hydrogen (secondary N) is 2. The Kier molecular flexibility index (Phi) is 5.73. The van der Waals surface area contributed by atoms with Crippen LogP contribution in [0, 0.1) is 0 Å². The number of ether oxygens (including phenoxy) is 1. The van der Waals surface area contributed by atoms with Crippen LogP contribution in [0.15, 0.2) is 67.1 Å². The maximum atomic E-state index is 12.4. The summed E-state index contributed by atoms with van der Waals surface area (Å²) in [7, 11) is 1.32.